The molecule has 0 radical (unpaired) electrons. The van der Waals surface area contributed by atoms with Gasteiger partial charge in [-0.05, 0) is 6.07 Å². The van der Waals surface area contributed by atoms with E-state index in [1.165, 1.54) is 4.90 Å². The SMILES string of the molecule is OCC(F)(F)[C@@H](c1ccc(F)c(F)c1F)N1CCNCC1. The highest BCUT2D eigenvalue weighted by Crippen LogP contribution is 2.38. The van der Waals surface area contributed by atoms with E-state index in [1.54, 1.807) is 0 Å². The van der Waals surface area contributed by atoms with Crippen molar-refractivity contribution in [3.8, 4) is 0 Å². The van der Waals surface area contributed by atoms with E-state index in [2.05, 4.69) is 5.32 Å². The summed E-state index contributed by atoms with van der Waals surface area (Å²) in [5, 5.41) is 11.8. The number of piperazine rings is 1. The van der Waals surface area contributed by atoms with Crippen molar-refractivity contribution in [3.05, 3.63) is 35.1 Å². The molecular formula is C13H15F5N2O. The quantitative estimate of drug-likeness (QED) is 0.656. The normalized spacial score (nSPS) is 18.8. The van der Waals surface area contributed by atoms with E-state index in [4.69, 9.17) is 5.11 Å². The predicted octanol–water partition coefficient (Wildman–Crippen LogP) is 1.68. The largest absolute Gasteiger partial charge is 0.390 e. The van der Waals surface area contributed by atoms with E-state index in [1.807, 2.05) is 0 Å². The Balaban J connectivity index is 2.47. The van der Waals surface area contributed by atoms with Crippen LogP contribution in [0.15, 0.2) is 12.1 Å². The monoisotopic (exact) mass is 310 g/mol. The van der Waals surface area contributed by atoms with Crippen LogP contribution in [0.2, 0.25) is 0 Å². The maximum atomic E-state index is 14.0. The summed E-state index contributed by atoms with van der Waals surface area (Å²) in [4.78, 5) is 1.25. The first-order valence-corrected chi connectivity index (χ1v) is 6.45. The Kier molecular flexibility index (Phi) is 4.80. The number of nitrogens with one attached hydrogen (secondary N) is 1. The van der Waals surface area contributed by atoms with Crippen LogP contribution in [0.4, 0.5) is 22.0 Å². The van der Waals surface area contributed by atoms with Gasteiger partial charge >= 0.3 is 0 Å². The van der Waals surface area contributed by atoms with Crippen LogP contribution in [0.3, 0.4) is 0 Å². The molecule has 21 heavy (non-hydrogen) atoms. The first kappa shape index (κ1) is 16.1. The lowest BCUT2D eigenvalue weighted by Crippen LogP contribution is -2.51. The summed E-state index contributed by atoms with van der Waals surface area (Å²) in [6.45, 7) is -0.343. The molecule has 0 saturated carbocycles. The second-order valence-corrected chi connectivity index (χ2v) is 4.87. The standard InChI is InChI=1S/C13H15F5N2O/c14-9-2-1-8(10(15)11(9)16)12(13(17,18)7-21)20-5-3-19-4-6-20/h1-2,12,19,21H,3-7H2/t12-/m1/s1. The Bertz CT molecular complexity index is 506. The van der Waals surface area contributed by atoms with Crippen molar-refractivity contribution >= 4 is 0 Å². The van der Waals surface area contributed by atoms with Gasteiger partial charge in [0.15, 0.2) is 17.5 Å². The highest BCUT2D eigenvalue weighted by molar-refractivity contribution is 5.26. The van der Waals surface area contributed by atoms with E-state index < -0.39 is 41.6 Å². The fraction of sp³-hybridized carbons (Fsp3) is 0.538. The molecule has 1 aliphatic rings. The molecule has 2 rings (SSSR count). The van der Waals surface area contributed by atoms with Gasteiger partial charge in [-0.2, -0.15) is 0 Å². The smallest absolute Gasteiger partial charge is 0.290 e. The van der Waals surface area contributed by atoms with Gasteiger partial charge in [0.25, 0.3) is 5.92 Å². The number of nitrogens with zero attached hydrogens (tertiary/aromatic N) is 1. The van der Waals surface area contributed by atoms with Gasteiger partial charge in [0, 0.05) is 31.7 Å². The van der Waals surface area contributed by atoms with Crippen molar-refractivity contribution in [3.63, 3.8) is 0 Å². The molecule has 0 aromatic heterocycles. The van der Waals surface area contributed by atoms with Crippen LogP contribution in [-0.2, 0) is 0 Å². The molecule has 0 amide bonds. The van der Waals surface area contributed by atoms with Gasteiger partial charge in [0.2, 0.25) is 0 Å². The average molecular weight is 310 g/mol. The molecule has 0 aliphatic carbocycles. The van der Waals surface area contributed by atoms with Crippen molar-refractivity contribution in [1.29, 1.82) is 0 Å². The molecule has 1 aliphatic heterocycles. The van der Waals surface area contributed by atoms with E-state index in [9.17, 15) is 22.0 Å². The van der Waals surface area contributed by atoms with Crippen LogP contribution in [0, 0.1) is 17.5 Å². The van der Waals surface area contributed by atoms with Gasteiger partial charge in [-0.25, -0.2) is 22.0 Å². The maximum absolute atomic E-state index is 14.0. The molecule has 1 fully saturated rings. The lowest BCUT2D eigenvalue weighted by molar-refractivity contribution is -0.119. The summed E-state index contributed by atoms with van der Waals surface area (Å²) >= 11 is 0. The Hall–Kier alpha value is -1.25. The second-order valence-electron chi connectivity index (χ2n) is 4.87. The number of aliphatic hydroxyl groups excluding tert-OH is 1. The van der Waals surface area contributed by atoms with E-state index >= 15 is 0 Å². The third-order valence-electron chi connectivity index (χ3n) is 3.49. The molecule has 8 heteroatoms. The van der Waals surface area contributed by atoms with Crippen molar-refractivity contribution in [2.75, 3.05) is 32.8 Å². The minimum absolute atomic E-state index is 0.179. The molecule has 2 N–H and O–H groups in total. The van der Waals surface area contributed by atoms with E-state index in [0.29, 0.717) is 19.2 Å². The lowest BCUT2D eigenvalue weighted by atomic mass is 9.97. The Morgan fingerprint density at radius 1 is 1.14 bits per heavy atom. The molecule has 0 unspecified atom stereocenters. The molecule has 0 bridgehead atoms. The van der Waals surface area contributed by atoms with Gasteiger partial charge in [0.05, 0.1) is 0 Å². The summed E-state index contributed by atoms with van der Waals surface area (Å²) in [5.74, 6) is -8.56. The fourth-order valence-electron chi connectivity index (χ4n) is 2.47. The Morgan fingerprint density at radius 2 is 1.76 bits per heavy atom. The third kappa shape index (κ3) is 3.17. The average Bonchev–Trinajstić information content (AvgIpc) is 2.48. The van der Waals surface area contributed by atoms with Gasteiger partial charge in [-0.15, -0.1) is 0 Å². The number of aliphatic hydroxyl groups is 1. The molecule has 118 valence electrons. The zero-order valence-corrected chi connectivity index (χ0v) is 11.1. The van der Waals surface area contributed by atoms with Crippen molar-refractivity contribution < 1.29 is 27.1 Å². The lowest BCUT2D eigenvalue weighted by Gasteiger charge is -2.38. The summed E-state index contributed by atoms with van der Waals surface area (Å²) < 4.78 is 68.2. The number of hydrogen-bond acceptors (Lipinski definition) is 3. The Labute approximate surface area is 118 Å². The Morgan fingerprint density at radius 3 is 2.33 bits per heavy atom. The number of halogens is 5. The van der Waals surface area contributed by atoms with Gasteiger partial charge in [0.1, 0.15) is 12.6 Å². The van der Waals surface area contributed by atoms with Crippen molar-refractivity contribution in [2.45, 2.75) is 12.0 Å². The third-order valence-corrected chi connectivity index (χ3v) is 3.49. The summed E-state index contributed by atoms with van der Waals surface area (Å²) in [7, 11) is 0. The highest BCUT2D eigenvalue weighted by atomic mass is 19.3. The molecule has 1 aromatic rings. The van der Waals surface area contributed by atoms with E-state index in [0.717, 1.165) is 6.07 Å². The van der Waals surface area contributed by atoms with Crippen molar-refractivity contribution in [2.24, 2.45) is 0 Å². The van der Waals surface area contributed by atoms with Crippen LogP contribution in [0.1, 0.15) is 11.6 Å². The zero-order valence-electron chi connectivity index (χ0n) is 11.1. The number of hydrogen-bond donors (Lipinski definition) is 2. The first-order valence-electron chi connectivity index (χ1n) is 6.45. The summed E-state index contributed by atoms with van der Waals surface area (Å²) in [6, 6.07) is -0.444. The number of rotatable bonds is 4. The van der Waals surface area contributed by atoms with Gasteiger partial charge < -0.3 is 10.4 Å². The predicted molar refractivity (Wildman–Crippen MR) is 65.5 cm³/mol. The molecule has 1 atom stereocenters. The molecule has 3 nitrogen and oxygen atoms in total. The highest BCUT2D eigenvalue weighted by Gasteiger charge is 2.45. The topological polar surface area (TPSA) is 35.5 Å². The van der Waals surface area contributed by atoms with Crippen LogP contribution in [0.25, 0.3) is 0 Å². The van der Waals surface area contributed by atoms with Crippen LogP contribution in [-0.4, -0.2) is 48.7 Å². The minimum Gasteiger partial charge on any atom is -0.390 e. The first-order chi connectivity index (χ1) is 9.88. The number of benzene rings is 1. The second kappa shape index (κ2) is 6.25. The molecule has 0 spiro atoms. The van der Waals surface area contributed by atoms with Gasteiger partial charge in [-0.3, -0.25) is 4.90 Å². The zero-order chi connectivity index (χ0) is 15.6. The number of alkyl halides is 2. The van der Waals surface area contributed by atoms with Crippen LogP contribution in [0.5, 0.6) is 0 Å². The fourth-order valence-corrected chi connectivity index (χ4v) is 2.47. The molecule has 1 aromatic carbocycles. The minimum atomic E-state index is -3.68. The van der Waals surface area contributed by atoms with Crippen LogP contribution < -0.4 is 5.32 Å². The summed E-state index contributed by atoms with van der Waals surface area (Å²) in [5.41, 5.74) is -0.658. The van der Waals surface area contributed by atoms with Crippen LogP contribution >= 0.6 is 0 Å². The molecular weight excluding hydrogens is 295 g/mol. The van der Waals surface area contributed by atoms with E-state index in [-0.39, 0.29) is 13.1 Å². The maximum Gasteiger partial charge on any atom is 0.290 e. The molecule has 1 saturated heterocycles. The summed E-state index contributed by atoms with van der Waals surface area (Å²) in [6.07, 6.45) is 0. The van der Waals surface area contributed by atoms with Crippen molar-refractivity contribution in [1.82, 2.24) is 10.2 Å². The molecule has 1 heterocycles. The van der Waals surface area contributed by atoms with Gasteiger partial charge in [-0.1, -0.05) is 6.07 Å².